The minimum atomic E-state index is -0.929. The summed E-state index contributed by atoms with van der Waals surface area (Å²) in [5, 5.41) is 19.2. The second-order valence-electron chi connectivity index (χ2n) is 3.24. The van der Waals surface area contributed by atoms with E-state index in [2.05, 4.69) is 17.6 Å². The van der Waals surface area contributed by atoms with Crippen LogP contribution in [-0.2, 0) is 4.74 Å². The summed E-state index contributed by atoms with van der Waals surface area (Å²) in [6.45, 7) is 0. The van der Waals surface area contributed by atoms with Gasteiger partial charge in [0.2, 0.25) is 0 Å². The molecule has 0 amide bonds. The van der Waals surface area contributed by atoms with Gasteiger partial charge in [0.25, 0.3) is 0 Å². The number of aliphatic hydroxyl groups excluding tert-OH is 2. The molecule has 4 atom stereocenters. The molecule has 1 fully saturated rings. The fraction of sp³-hybridized carbons (Fsp3) is 0.625. The minimum Gasteiger partial charge on any atom is -0.387 e. The Hall–Kier alpha value is -0.560. The van der Waals surface area contributed by atoms with Crippen molar-refractivity contribution < 1.29 is 14.9 Å². The van der Waals surface area contributed by atoms with Crippen LogP contribution in [0.3, 0.4) is 0 Å². The molecule has 78 valence electrons. The third-order valence-corrected chi connectivity index (χ3v) is 2.70. The van der Waals surface area contributed by atoms with Crippen LogP contribution in [0.5, 0.6) is 0 Å². The average Bonchev–Trinajstić information content (AvgIpc) is 2.78. The van der Waals surface area contributed by atoms with Gasteiger partial charge in [-0.05, 0) is 0 Å². The molecule has 1 aromatic rings. The first-order valence-corrected chi connectivity index (χ1v) is 4.97. The van der Waals surface area contributed by atoms with Gasteiger partial charge in [0.1, 0.15) is 12.2 Å². The van der Waals surface area contributed by atoms with Crippen molar-refractivity contribution in [3.63, 3.8) is 0 Å². The smallest absolute Gasteiger partial charge is 0.164 e. The van der Waals surface area contributed by atoms with E-state index in [1.54, 1.807) is 23.3 Å². The SMILES string of the molecule is O[C@@H]1[C@H](O)[C@@H](CS)O[C@H]1n1ccnc1. The van der Waals surface area contributed by atoms with Gasteiger partial charge >= 0.3 is 0 Å². The summed E-state index contributed by atoms with van der Waals surface area (Å²) in [5.74, 6) is 0.378. The van der Waals surface area contributed by atoms with Crippen molar-refractivity contribution in [1.82, 2.24) is 9.55 Å². The monoisotopic (exact) mass is 216 g/mol. The van der Waals surface area contributed by atoms with Crippen molar-refractivity contribution >= 4 is 12.6 Å². The summed E-state index contributed by atoms with van der Waals surface area (Å²) in [5.41, 5.74) is 0. The number of hydrogen-bond donors (Lipinski definition) is 3. The van der Waals surface area contributed by atoms with E-state index in [1.165, 1.54) is 0 Å². The van der Waals surface area contributed by atoms with Crippen LogP contribution in [0.1, 0.15) is 6.23 Å². The molecule has 6 heteroatoms. The Kier molecular flexibility index (Phi) is 2.78. The van der Waals surface area contributed by atoms with Crippen LogP contribution in [0.4, 0.5) is 0 Å². The van der Waals surface area contributed by atoms with Gasteiger partial charge in [-0.1, -0.05) is 0 Å². The number of aliphatic hydroxyl groups is 2. The Bertz CT molecular complexity index is 293. The Balaban J connectivity index is 2.16. The van der Waals surface area contributed by atoms with Gasteiger partial charge < -0.3 is 19.5 Å². The molecule has 1 aliphatic heterocycles. The zero-order valence-electron chi connectivity index (χ0n) is 7.39. The summed E-state index contributed by atoms with van der Waals surface area (Å²) in [6.07, 6.45) is 2.01. The van der Waals surface area contributed by atoms with Gasteiger partial charge in [-0.3, -0.25) is 0 Å². The van der Waals surface area contributed by atoms with Crippen LogP contribution in [0.25, 0.3) is 0 Å². The van der Waals surface area contributed by atoms with E-state index >= 15 is 0 Å². The van der Waals surface area contributed by atoms with Gasteiger partial charge in [0, 0.05) is 18.1 Å². The molecule has 2 N–H and O–H groups in total. The van der Waals surface area contributed by atoms with E-state index < -0.39 is 24.5 Å². The van der Waals surface area contributed by atoms with Crippen LogP contribution < -0.4 is 0 Å². The van der Waals surface area contributed by atoms with Crippen LogP contribution >= 0.6 is 12.6 Å². The normalized spacial score (nSPS) is 37.6. The Morgan fingerprint density at radius 2 is 2.21 bits per heavy atom. The molecular formula is C8H12N2O3S. The standard InChI is InChI=1S/C8H12N2O3S/c11-6-5(3-14)13-8(7(6)12)10-2-1-9-4-10/h1-2,4-8,11-12,14H,3H2/t5-,6-,7-,8-/m1/s1. The lowest BCUT2D eigenvalue weighted by Crippen LogP contribution is -2.32. The van der Waals surface area contributed by atoms with Gasteiger partial charge in [0.05, 0.1) is 12.4 Å². The predicted molar refractivity (Wildman–Crippen MR) is 52.0 cm³/mol. The summed E-state index contributed by atoms with van der Waals surface area (Å²) in [6, 6.07) is 0. The highest BCUT2D eigenvalue weighted by Gasteiger charge is 2.42. The molecular weight excluding hydrogens is 204 g/mol. The topological polar surface area (TPSA) is 67.5 Å². The van der Waals surface area contributed by atoms with E-state index in [0.29, 0.717) is 5.75 Å². The molecule has 0 saturated carbocycles. The Morgan fingerprint density at radius 3 is 2.71 bits per heavy atom. The van der Waals surface area contributed by atoms with E-state index in [4.69, 9.17) is 4.74 Å². The fourth-order valence-electron chi connectivity index (χ4n) is 1.55. The third-order valence-electron chi connectivity index (χ3n) is 2.34. The highest BCUT2D eigenvalue weighted by atomic mass is 32.1. The maximum Gasteiger partial charge on any atom is 0.164 e. The molecule has 2 rings (SSSR count). The number of imidazole rings is 1. The van der Waals surface area contributed by atoms with Gasteiger partial charge in [-0.15, -0.1) is 0 Å². The Labute approximate surface area is 86.7 Å². The number of ether oxygens (including phenoxy) is 1. The van der Waals surface area contributed by atoms with Crippen molar-refractivity contribution in [1.29, 1.82) is 0 Å². The lowest BCUT2D eigenvalue weighted by atomic mass is 10.1. The molecule has 0 aliphatic carbocycles. The van der Waals surface area contributed by atoms with Crippen LogP contribution in [-0.4, -0.2) is 43.8 Å². The van der Waals surface area contributed by atoms with Crippen molar-refractivity contribution in [3.8, 4) is 0 Å². The number of hydrogen-bond acceptors (Lipinski definition) is 5. The highest BCUT2D eigenvalue weighted by Crippen LogP contribution is 2.29. The van der Waals surface area contributed by atoms with Gasteiger partial charge in [0.15, 0.2) is 6.23 Å². The molecule has 0 spiro atoms. The number of nitrogens with zero attached hydrogens (tertiary/aromatic N) is 2. The van der Waals surface area contributed by atoms with Crippen LogP contribution in [0.2, 0.25) is 0 Å². The van der Waals surface area contributed by atoms with Crippen LogP contribution in [0, 0.1) is 0 Å². The van der Waals surface area contributed by atoms with E-state index in [-0.39, 0.29) is 0 Å². The predicted octanol–water partition coefficient (Wildman–Crippen LogP) is -0.568. The summed E-state index contributed by atoms with van der Waals surface area (Å²) in [7, 11) is 0. The van der Waals surface area contributed by atoms with E-state index in [9.17, 15) is 10.2 Å². The summed E-state index contributed by atoms with van der Waals surface area (Å²) in [4.78, 5) is 3.85. The van der Waals surface area contributed by atoms with Gasteiger partial charge in [-0.2, -0.15) is 12.6 Å². The molecule has 0 unspecified atom stereocenters. The molecule has 2 heterocycles. The first-order valence-electron chi connectivity index (χ1n) is 4.34. The molecule has 1 aromatic heterocycles. The van der Waals surface area contributed by atoms with E-state index in [0.717, 1.165) is 0 Å². The lowest BCUT2D eigenvalue weighted by molar-refractivity contribution is -0.0310. The number of thiol groups is 1. The molecule has 0 bridgehead atoms. The third kappa shape index (κ3) is 1.54. The zero-order valence-corrected chi connectivity index (χ0v) is 8.29. The highest BCUT2D eigenvalue weighted by molar-refractivity contribution is 7.80. The number of aromatic nitrogens is 2. The summed E-state index contributed by atoms with van der Waals surface area (Å²) >= 11 is 4.03. The fourth-order valence-corrected chi connectivity index (χ4v) is 1.85. The maximum atomic E-state index is 9.67. The molecule has 5 nitrogen and oxygen atoms in total. The lowest BCUT2D eigenvalue weighted by Gasteiger charge is -2.15. The van der Waals surface area contributed by atoms with Crippen molar-refractivity contribution in [2.24, 2.45) is 0 Å². The van der Waals surface area contributed by atoms with Crippen molar-refractivity contribution in [2.45, 2.75) is 24.5 Å². The summed E-state index contributed by atoms with van der Waals surface area (Å²) < 4.78 is 7.05. The minimum absolute atomic E-state index is 0.378. The molecule has 1 saturated heterocycles. The second kappa shape index (κ2) is 3.90. The zero-order chi connectivity index (χ0) is 10.1. The first kappa shape index (κ1) is 9.97. The van der Waals surface area contributed by atoms with Crippen molar-refractivity contribution in [2.75, 3.05) is 5.75 Å². The molecule has 14 heavy (non-hydrogen) atoms. The van der Waals surface area contributed by atoms with Gasteiger partial charge in [-0.25, -0.2) is 4.98 Å². The van der Waals surface area contributed by atoms with E-state index in [1.807, 2.05) is 0 Å². The molecule has 1 aliphatic rings. The van der Waals surface area contributed by atoms with Crippen LogP contribution in [0.15, 0.2) is 18.7 Å². The second-order valence-corrected chi connectivity index (χ2v) is 3.60. The largest absolute Gasteiger partial charge is 0.387 e. The molecule has 0 aromatic carbocycles. The maximum absolute atomic E-state index is 9.67. The quantitative estimate of drug-likeness (QED) is 0.579. The van der Waals surface area contributed by atoms with Crippen molar-refractivity contribution in [3.05, 3.63) is 18.7 Å². The average molecular weight is 216 g/mol. The number of rotatable bonds is 2. The molecule has 0 radical (unpaired) electrons. The first-order chi connectivity index (χ1) is 6.74. The Morgan fingerprint density at radius 1 is 1.43 bits per heavy atom.